The van der Waals surface area contributed by atoms with Gasteiger partial charge in [-0.25, -0.2) is 8.78 Å². The average molecular weight is 271 g/mol. The van der Waals surface area contributed by atoms with Crippen molar-refractivity contribution in [2.45, 2.75) is 32.1 Å². The minimum atomic E-state index is -0.516. The number of ether oxygens (including phenoxy) is 1. The Hall–Kier alpha value is -1.00. The summed E-state index contributed by atoms with van der Waals surface area (Å²) in [6.45, 7) is 6.14. The highest BCUT2D eigenvalue weighted by Gasteiger charge is 2.29. The van der Waals surface area contributed by atoms with E-state index in [0.29, 0.717) is 13.2 Å². The molecule has 0 amide bonds. The number of halogens is 2. The third kappa shape index (κ3) is 4.25. The van der Waals surface area contributed by atoms with E-state index >= 15 is 0 Å². The lowest BCUT2D eigenvalue weighted by atomic mass is 9.75. The van der Waals surface area contributed by atoms with E-state index in [0.717, 1.165) is 31.0 Å². The van der Waals surface area contributed by atoms with Gasteiger partial charge in [-0.2, -0.15) is 0 Å². The van der Waals surface area contributed by atoms with Crippen molar-refractivity contribution in [1.29, 1.82) is 0 Å². The predicted octanol–water partition coefficient (Wildman–Crippen LogP) is 3.26. The quantitative estimate of drug-likeness (QED) is 0.733. The zero-order valence-electron chi connectivity index (χ0n) is 11.9. The molecule has 0 fully saturated rings. The van der Waals surface area contributed by atoms with Gasteiger partial charge in [0.25, 0.3) is 0 Å². The zero-order chi connectivity index (χ0) is 14.3. The molecule has 0 aliphatic carbocycles. The second-order valence-electron chi connectivity index (χ2n) is 4.82. The maximum Gasteiger partial charge on any atom is 0.126 e. The van der Waals surface area contributed by atoms with E-state index in [9.17, 15) is 8.78 Å². The molecule has 0 radical (unpaired) electrons. The largest absolute Gasteiger partial charge is 0.383 e. The number of rotatable bonds is 8. The molecule has 1 aromatic rings. The zero-order valence-corrected chi connectivity index (χ0v) is 11.9. The van der Waals surface area contributed by atoms with Crippen LogP contribution in [-0.2, 0) is 10.2 Å². The van der Waals surface area contributed by atoms with Gasteiger partial charge in [-0.1, -0.05) is 13.8 Å². The molecule has 0 saturated carbocycles. The Balaban J connectivity index is 2.90. The Morgan fingerprint density at radius 1 is 1.11 bits per heavy atom. The number of methoxy groups -OCH3 is 1. The molecule has 1 N–H and O–H groups in total. The second-order valence-corrected chi connectivity index (χ2v) is 4.82. The fourth-order valence-corrected chi connectivity index (χ4v) is 2.37. The van der Waals surface area contributed by atoms with Crippen LogP contribution in [0.4, 0.5) is 8.78 Å². The summed E-state index contributed by atoms with van der Waals surface area (Å²) in [5, 5.41) is 3.30. The summed E-state index contributed by atoms with van der Waals surface area (Å²) < 4.78 is 31.8. The van der Waals surface area contributed by atoms with Crippen molar-refractivity contribution in [2.24, 2.45) is 0 Å². The molecule has 1 rings (SSSR count). The summed E-state index contributed by atoms with van der Waals surface area (Å²) in [5.41, 5.74) is 0.483. The van der Waals surface area contributed by atoms with Gasteiger partial charge in [0, 0.05) is 31.7 Å². The van der Waals surface area contributed by atoms with Crippen LogP contribution < -0.4 is 5.32 Å². The molecule has 0 aliphatic heterocycles. The van der Waals surface area contributed by atoms with Gasteiger partial charge in [0.15, 0.2) is 0 Å². The van der Waals surface area contributed by atoms with Crippen LogP contribution in [0.3, 0.4) is 0 Å². The van der Waals surface area contributed by atoms with Crippen molar-refractivity contribution in [2.75, 3.05) is 26.8 Å². The van der Waals surface area contributed by atoms with Crippen molar-refractivity contribution in [3.05, 3.63) is 35.4 Å². The van der Waals surface area contributed by atoms with Gasteiger partial charge >= 0.3 is 0 Å². The van der Waals surface area contributed by atoms with Crippen LogP contribution in [0.5, 0.6) is 0 Å². The Kier molecular flexibility index (Phi) is 6.38. The Bertz CT molecular complexity index is 371. The molecule has 0 atom stereocenters. The molecule has 4 heteroatoms. The fraction of sp³-hybridized carbons (Fsp3) is 0.600. The van der Waals surface area contributed by atoms with Gasteiger partial charge < -0.3 is 10.1 Å². The molecule has 0 heterocycles. The summed E-state index contributed by atoms with van der Waals surface area (Å²) in [5.74, 6) is -1.03. The first-order valence-corrected chi connectivity index (χ1v) is 6.74. The van der Waals surface area contributed by atoms with Crippen molar-refractivity contribution < 1.29 is 13.5 Å². The molecule has 0 aromatic heterocycles. The highest BCUT2D eigenvalue weighted by atomic mass is 19.1. The van der Waals surface area contributed by atoms with E-state index in [2.05, 4.69) is 5.32 Å². The van der Waals surface area contributed by atoms with Crippen LogP contribution in [0.1, 0.15) is 32.3 Å². The Morgan fingerprint density at radius 3 is 2.16 bits per heavy atom. The lowest BCUT2D eigenvalue weighted by Gasteiger charge is -2.33. The lowest BCUT2D eigenvalue weighted by Crippen LogP contribution is -2.38. The molecular formula is C15H23F2NO. The SMILES string of the molecule is CCC(CC)(CNCCOC)c1cc(F)cc(F)c1. The molecule has 0 spiro atoms. The van der Waals surface area contributed by atoms with Crippen LogP contribution in [0.2, 0.25) is 0 Å². The van der Waals surface area contributed by atoms with Crippen molar-refractivity contribution in [3.63, 3.8) is 0 Å². The van der Waals surface area contributed by atoms with Gasteiger partial charge in [0.1, 0.15) is 11.6 Å². The van der Waals surface area contributed by atoms with E-state index in [-0.39, 0.29) is 5.41 Å². The first-order valence-electron chi connectivity index (χ1n) is 6.74. The molecule has 0 aliphatic rings. The predicted molar refractivity (Wildman–Crippen MR) is 73.4 cm³/mol. The highest BCUT2D eigenvalue weighted by Crippen LogP contribution is 2.32. The summed E-state index contributed by atoms with van der Waals surface area (Å²) in [4.78, 5) is 0. The number of nitrogens with one attached hydrogen (secondary N) is 1. The first-order chi connectivity index (χ1) is 9.07. The lowest BCUT2D eigenvalue weighted by molar-refractivity contribution is 0.195. The van der Waals surface area contributed by atoms with Gasteiger partial charge in [-0.3, -0.25) is 0 Å². The second kappa shape index (κ2) is 7.56. The topological polar surface area (TPSA) is 21.3 Å². The molecule has 0 bridgehead atoms. The molecule has 19 heavy (non-hydrogen) atoms. The molecule has 2 nitrogen and oxygen atoms in total. The van der Waals surface area contributed by atoms with E-state index in [1.165, 1.54) is 12.1 Å². The minimum absolute atomic E-state index is 0.239. The maximum atomic E-state index is 13.4. The van der Waals surface area contributed by atoms with E-state index < -0.39 is 11.6 Å². The smallest absolute Gasteiger partial charge is 0.126 e. The molecule has 0 unspecified atom stereocenters. The van der Waals surface area contributed by atoms with Crippen LogP contribution in [0.25, 0.3) is 0 Å². The average Bonchev–Trinajstić information content (AvgIpc) is 2.38. The maximum absolute atomic E-state index is 13.4. The van der Waals surface area contributed by atoms with E-state index in [1.807, 2.05) is 13.8 Å². The van der Waals surface area contributed by atoms with Gasteiger partial charge in [-0.15, -0.1) is 0 Å². The number of hydrogen-bond donors (Lipinski definition) is 1. The van der Waals surface area contributed by atoms with E-state index in [1.54, 1.807) is 7.11 Å². The number of benzene rings is 1. The first kappa shape index (κ1) is 16.1. The molecular weight excluding hydrogens is 248 g/mol. The van der Waals surface area contributed by atoms with Crippen molar-refractivity contribution in [3.8, 4) is 0 Å². The van der Waals surface area contributed by atoms with Crippen LogP contribution in [0.15, 0.2) is 18.2 Å². The summed E-state index contributed by atoms with van der Waals surface area (Å²) in [6.07, 6.45) is 1.65. The Labute approximate surface area is 114 Å². The van der Waals surface area contributed by atoms with Crippen molar-refractivity contribution >= 4 is 0 Å². The Morgan fingerprint density at radius 2 is 1.68 bits per heavy atom. The summed E-state index contributed by atoms with van der Waals surface area (Å²) >= 11 is 0. The molecule has 108 valence electrons. The standard InChI is InChI=1S/C15H23F2NO/c1-4-15(5-2,11-18-6-7-19-3)12-8-13(16)10-14(17)9-12/h8-10,18H,4-7,11H2,1-3H3. The summed E-state index contributed by atoms with van der Waals surface area (Å²) in [7, 11) is 1.65. The van der Waals surface area contributed by atoms with Crippen LogP contribution >= 0.6 is 0 Å². The normalized spacial score (nSPS) is 11.8. The monoisotopic (exact) mass is 271 g/mol. The number of hydrogen-bond acceptors (Lipinski definition) is 2. The minimum Gasteiger partial charge on any atom is -0.383 e. The summed E-state index contributed by atoms with van der Waals surface area (Å²) in [6, 6.07) is 3.79. The van der Waals surface area contributed by atoms with Crippen LogP contribution in [0, 0.1) is 11.6 Å². The molecule has 1 aromatic carbocycles. The third-order valence-corrected chi connectivity index (χ3v) is 3.77. The van der Waals surface area contributed by atoms with Gasteiger partial charge in [-0.05, 0) is 30.5 Å². The van der Waals surface area contributed by atoms with E-state index in [4.69, 9.17) is 4.74 Å². The highest BCUT2D eigenvalue weighted by molar-refractivity contribution is 5.27. The van der Waals surface area contributed by atoms with Gasteiger partial charge in [0.2, 0.25) is 0 Å². The van der Waals surface area contributed by atoms with Gasteiger partial charge in [0.05, 0.1) is 6.61 Å². The third-order valence-electron chi connectivity index (χ3n) is 3.77. The molecule has 0 saturated heterocycles. The van der Waals surface area contributed by atoms with Crippen molar-refractivity contribution in [1.82, 2.24) is 5.32 Å². The fourth-order valence-electron chi connectivity index (χ4n) is 2.37. The van der Waals surface area contributed by atoms with Crippen LogP contribution in [-0.4, -0.2) is 26.8 Å².